The Hall–Kier alpha value is 0.150. The molecule has 0 aliphatic rings. The third-order valence-electron chi connectivity index (χ3n) is 7.86. The quantitative estimate of drug-likeness (QED) is 0.0593. The topological polar surface area (TPSA) is 35.5 Å². The van der Waals surface area contributed by atoms with Gasteiger partial charge in [-0.25, -0.2) is 0 Å². The van der Waals surface area contributed by atoms with Crippen molar-refractivity contribution in [2.75, 3.05) is 19.4 Å². The summed E-state index contributed by atoms with van der Waals surface area (Å²) in [6.07, 6.45) is 37.4. The lowest BCUT2D eigenvalue weighted by molar-refractivity contribution is 0.197. The van der Waals surface area contributed by atoms with Crippen LogP contribution >= 0.6 is 7.60 Å². The first-order chi connectivity index (χ1) is 18.7. The summed E-state index contributed by atoms with van der Waals surface area (Å²) in [5.41, 5.74) is 0. The first-order valence-electron chi connectivity index (χ1n) is 17.6. The predicted octanol–water partition coefficient (Wildman–Crippen LogP) is 13.2. The highest BCUT2D eigenvalue weighted by atomic mass is 31.2. The van der Waals surface area contributed by atoms with Gasteiger partial charge in [0.25, 0.3) is 0 Å². The van der Waals surface area contributed by atoms with Gasteiger partial charge < -0.3 is 9.05 Å². The zero-order chi connectivity index (χ0) is 27.8. The Morgan fingerprint density at radius 2 is 0.579 bits per heavy atom. The van der Waals surface area contributed by atoms with Gasteiger partial charge in [-0.3, -0.25) is 4.57 Å². The van der Waals surface area contributed by atoms with Gasteiger partial charge in [0.15, 0.2) is 0 Å². The molecular formula is C34H71O3P. The normalized spacial score (nSPS) is 12.0. The fourth-order valence-corrected chi connectivity index (χ4v) is 6.95. The van der Waals surface area contributed by atoms with Gasteiger partial charge in [-0.05, 0) is 19.3 Å². The van der Waals surface area contributed by atoms with Crippen molar-refractivity contribution < 1.29 is 13.6 Å². The first-order valence-corrected chi connectivity index (χ1v) is 19.3. The maximum atomic E-state index is 13.2. The molecule has 4 heteroatoms. The van der Waals surface area contributed by atoms with Crippen LogP contribution in [0.15, 0.2) is 0 Å². The van der Waals surface area contributed by atoms with Gasteiger partial charge in [0, 0.05) is 0 Å². The molecule has 3 nitrogen and oxygen atoms in total. The van der Waals surface area contributed by atoms with E-state index in [9.17, 15) is 4.57 Å². The van der Waals surface area contributed by atoms with Crippen LogP contribution in [0, 0.1) is 0 Å². The molecule has 0 aromatic heterocycles. The molecule has 0 aromatic rings. The summed E-state index contributed by atoms with van der Waals surface area (Å²) in [5.74, 6) is 0. The molecule has 0 atom stereocenters. The largest absolute Gasteiger partial charge is 0.330 e. The second-order valence-electron chi connectivity index (χ2n) is 11.8. The monoisotopic (exact) mass is 559 g/mol. The highest BCUT2D eigenvalue weighted by molar-refractivity contribution is 7.53. The van der Waals surface area contributed by atoms with Crippen LogP contribution in [-0.2, 0) is 13.6 Å². The van der Waals surface area contributed by atoms with E-state index in [0.29, 0.717) is 19.4 Å². The maximum absolute atomic E-state index is 13.2. The molecule has 0 unspecified atom stereocenters. The molecule has 0 aliphatic heterocycles. The van der Waals surface area contributed by atoms with Gasteiger partial charge in [0.05, 0.1) is 19.4 Å². The van der Waals surface area contributed by atoms with Crippen LogP contribution in [0.5, 0.6) is 0 Å². The number of hydrogen-bond donors (Lipinski definition) is 0. The zero-order valence-corrected chi connectivity index (χ0v) is 27.5. The van der Waals surface area contributed by atoms with E-state index in [4.69, 9.17) is 9.05 Å². The SMILES string of the molecule is CCCCCCCCCCCCCCCCCCCCCCP(=O)(OCCCCCC)OCCCCCC. The Morgan fingerprint density at radius 3 is 0.868 bits per heavy atom. The lowest BCUT2D eigenvalue weighted by Crippen LogP contribution is -2.03. The molecular weight excluding hydrogens is 487 g/mol. The van der Waals surface area contributed by atoms with Gasteiger partial charge in [-0.1, -0.05) is 181 Å². The minimum Gasteiger partial charge on any atom is -0.309 e. The van der Waals surface area contributed by atoms with Crippen LogP contribution in [0.25, 0.3) is 0 Å². The van der Waals surface area contributed by atoms with Crippen molar-refractivity contribution in [3.05, 3.63) is 0 Å². The summed E-state index contributed by atoms with van der Waals surface area (Å²) in [6, 6.07) is 0. The fourth-order valence-electron chi connectivity index (χ4n) is 5.19. The van der Waals surface area contributed by atoms with E-state index in [2.05, 4.69) is 20.8 Å². The lowest BCUT2D eigenvalue weighted by Gasteiger charge is -2.19. The van der Waals surface area contributed by atoms with Crippen molar-refractivity contribution in [3.8, 4) is 0 Å². The summed E-state index contributed by atoms with van der Waals surface area (Å²) >= 11 is 0. The summed E-state index contributed by atoms with van der Waals surface area (Å²) in [4.78, 5) is 0. The molecule has 0 spiro atoms. The second kappa shape index (κ2) is 31.7. The molecule has 0 N–H and O–H groups in total. The molecule has 0 amide bonds. The van der Waals surface area contributed by atoms with Crippen LogP contribution in [0.3, 0.4) is 0 Å². The summed E-state index contributed by atoms with van der Waals surface area (Å²) in [7, 11) is -2.91. The smallest absolute Gasteiger partial charge is 0.309 e. The summed E-state index contributed by atoms with van der Waals surface area (Å²) in [6.45, 7) is 7.90. The van der Waals surface area contributed by atoms with Crippen molar-refractivity contribution in [1.82, 2.24) is 0 Å². The Bertz CT molecular complexity index is 464. The van der Waals surface area contributed by atoms with Gasteiger partial charge in [0.2, 0.25) is 0 Å². The molecule has 0 radical (unpaired) electrons. The Balaban J connectivity index is 3.61. The van der Waals surface area contributed by atoms with Gasteiger partial charge >= 0.3 is 7.60 Å². The van der Waals surface area contributed by atoms with Gasteiger partial charge in [-0.15, -0.1) is 0 Å². The van der Waals surface area contributed by atoms with E-state index in [1.165, 1.54) is 141 Å². The number of unbranched alkanes of at least 4 members (excludes halogenated alkanes) is 25. The first kappa shape index (κ1) is 38.1. The van der Waals surface area contributed by atoms with Crippen LogP contribution in [-0.4, -0.2) is 19.4 Å². The van der Waals surface area contributed by atoms with E-state index in [-0.39, 0.29) is 0 Å². The Labute approximate surface area is 240 Å². The van der Waals surface area contributed by atoms with Crippen LogP contribution in [0.1, 0.15) is 201 Å². The minimum atomic E-state index is -2.91. The van der Waals surface area contributed by atoms with E-state index in [1.54, 1.807) is 0 Å². The molecule has 0 saturated carbocycles. The molecule has 230 valence electrons. The van der Waals surface area contributed by atoms with Crippen LogP contribution < -0.4 is 0 Å². The molecule has 0 aromatic carbocycles. The third kappa shape index (κ3) is 29.1. The highest BCUT2D eigenvalue weighted by Gasteiger charge is 2.23. The van der Waals surface area contributed by atoms with E-state index >= 15 is 0 Å². The molecule has 0 rings (SSSR count). The molecule has 0 aliphatic carbocycles. The molecule has 0 bridgehead atoms. The van der Waals surface area contributed by atoms with Crippen molar-refractivity contribution in [3.63, 3.8) is 0 Å². The van der Waals surface area contributed by atoms with E-state index in [0.717, 1.165) is 38.5 Å². The van der Waals surface area contributed by atoms with Crippen molar-refractivity contribution >= 4 is 7.60 Å². The molecule has 38 heavy (non-hydrogen) atoms. The molecule has 0 heterocycles. The zero-order valence-electron chi connectivity index (χ0n) is 26.6. The van der Waals surface area contributed by atoms with Crippen molar-refractivity contribution in [2.45, 2.75) is 201 Å². The Kier molecular flexibility index (Phi) is 31.8. The van der Waals surface area contributed by atoms with Gasteiger partial charge in [0.1, 0.15) is 0 Å². The standard InChI is InChI=1S/C34H71O3P/c1-4-7-10-13-14-15-16-17-18-19-20-21-22-23-24-25-26-27-28-31-34-38(35,36-32-29-11-8-5-2)37-33-30-12-9-6-3/h4-34H2,1-3H3. The minimum absolute atomic E-state index is 0.589. The fraction of sp³-hybridized carbons (Fsp3) is 1.00. The van der Waals surface area contributed by atoms with E-state index < -0.39 is 7.60 Å². The summed E-state index contributed by atoms with van der Waals surface area (Å²) < 4.78 is 24.9. The average Bonchev–Trinajstić information content (AvgIpc) is 2.92. The lowest BCUT2D eigenvalue weighted by atomic mass is 10.0. The Morgan fingerprint density at radius 1 is 0.342 bits per heavy atom. The second-order valence-corrected chi connectivity index (χ2v) is 14.0. The third-order valence-corrected chi connectivity index (χ3v) is 9.87. The summed E-state index contributed by atoms with van der Waals surface area (Å²) in [5, 5.41) is 0. The van der Waals surface area contributed by atoms with Crippen molar-refractivity contribution in [2.24, 2.45) is 0 Å². The maximum Gasteiger partial charge on any atom is 0.330 e. The number of rotatable bonds is 33. The van der Waals surface area contributed by atoms with Crippen LogP contribution in [0.4, 0.5) is 0 Å². The highest BCUT2D eigenvalue weighted by Crippen LogP contribution is 2.49. The van der Waals surface area contributed by atoms with E-state index in [1.807, 2.05) is 0 Å². The van der Waals surface area contributed by atoms with Crippen LogP contribution in [0.2, 0.25) is 0 Å². The number of hydrogen-bond acceptors (Lipinski definition) is 3. The molecule has 0 fully saturated rings. The average molecular weight is 559 g/mol. The van der Waals surface area contributed by atoms with Crippen molar-refractivity contribution in [1.29, 1.82) is 0 Å². The molecule has 0 saturated heterocycles. The predicted molar refractivity (Wildman–Crippen MR) is 171 cm³/mol. The van der Waals surface area contributed by atoms with Gasteiger partial charge in [-0.2, -0.15) is 0 Å².